The minimum atomic E-state index is -1.73. The second-order valence-corrected chi connectivity index (χ2v) is 8.92. The van der Waals surface area contributed by atoms with E-state index < -0.39 is 32.7 Å². The number of anilines is 1. The molecular formula is C21H22ClN4O6P. The van der Waals surface area contributed by atoms with Crippen LogP contribution in [0.2, 0.25) is 5.02 Å². The van der Waals surface area contributed by atoms with E-state index in [1.807, 2.05) is 42.5 Å². The maximum atomic E-state index is 12.1. The van der Waals surface area contributed by atoms with Crippen LogP contribution in [0.5, 0.6) is 5.75 Å². The predicted molar refractivity (Wildman–Crippen MR) is 124 cm³/mol. The van der Waals surface area contributed by atoms with Gasteiger partial charge >= 0.3 is 14.2 Å². The van der Waals surface area contributed by atoms with Crippen molar-refractivity contribution in [3.63, 3.8) is 0 Å². The molecule has 10 nitrogen and oxygen atoms in total. The number of benzene rings is 2. The monoisotopic (exact) mass is 492 g/mol. The summed E-state index contributed by atoms with van der Waals surface area (Å²) in [6.07, 6.45) is -0.253. The number of halogens is 1. The fourth-order valence-electron chi connectivity index (χ4n) is 3.42. The third-order valence-corrected chi connectivity index (χ3v) is 6.52. The van der Waals surface area contributed by atoms with Gasteiger partial charge in [-0.3, -0.25) is 4.57 Å². The van der Waals surface area contributed by atoms with Gasteiger partial charge in [0.05, 0.1) is 24.3 Å². The standard InChI is InChI=1S/C21H22ClN4O6P/c22-15-11-26(21(29)25-20(15)23)19-10-16(28)18(31-19)12-30-33(24-8-9-27)32-17-7-3-5-13-4-1-2-6-14(13)17/h1-7,9,11,16,18-19,24,28H,8,10,12H2,(H2,23,25,29). The first kappa shape index (κ1) is 23.6. The van der Waals surface area contributed by atoms with Gasteiger partial charge in [-0.15, -0.1) is 0 Å². The maximum absolute atomic E-state index is 12.1. The number of rotatable bonds is 9. The smallest absolute Gasteiger partial charge is 0.351 e. The number of hydrogen-bond donors (Lipinski definition) is 3. The van der Waals surface area contributed by atoms with Crippen molar-refractivity contribution in [3.8, 4) is 5.75 Å². The Kier molecular flexibility index (Phi) is 7.54. The maximum Gasteiger partial charge on any atom is 0.351 e. The lowest BCUT2D eigenvalue weighted by atomic mass is 10.1. The Balaban J connectivity index is 1.44. The summed E-state index contributed by atoms with van der Waals surface area (Å²) in [4.78, 5) is 26.7. The van der Waals surface area contributed by atoms with Gasteiger partial charge < -0.3 is 29.4 Å². The number of carbonyl (C=O) groups is 1. The van der Waals surface area contributed by atoms with Gasteiger partial charge in [0, 0.05) is 18.0 Å². The van der Waals surface area contributed by atoms with Crippen molar-refractivity contribution < 1.29 is 23.7 Å². The number of nitrogens with zero attached hydrogens (tertiary/aromatic N) is 2. The number of hydrogen-bond acceptors (Lipinski definition) is 9. The second kappa shape index (κ2) is 10.6. The van der Waals surface area contributed by atoms with Crippen molar-refractivity contribution in [2.75, 3.05) is 18.9 Å². The summed E-state index contributed by atoms with van der Waals surface area (Å²) in [5, 5.41) is 15.4. The summed E-state index contributed by atoms with van der Waals surface area (Å²) in [5.41, 5.74) is 4.92. The topological polar surface area (TPSA) is 138 Å². The fourth-order valence-corrected chi connectivity index (χ4v) is 4.62. The molecule has 1 aliphatic rings. The number of aliphatic hydroxyl groups is 1. The number of nitrogen functional groups attached to an aromatic ring is 1. The van der Waals surface area contributed by atoms with E-state index in [4.69, 9.17) is 31.1 Å². The van der Waals surface area contributed by atoms with E-state index in [0.717, 1.165) is 10.8 Å². The quantitative estimate of drug-likeness (QED) is 0.303. The molecule has 174 valence electrons. The average Bonchev–Trinajstić information content (AvgIpc) is 3.18. The molecule has 2 heterocycles. The van der Waals surface area contributed by atoms with Crippen molar-refractivity contribution >= 4 is 43.0 Å². The summed E-state index contributed by atoms with van der Waals surface area (Å²) in [5.74, 6) is 0.520. The van der Waals surface area contributed by atoms with Gasteiger partial charge in [-0.2, -0.15) is 4.98 Å². The van der Waals surface area contributed by atoms with E-state index in [9.17, 15) is 14.7 Å². The van der Waals surface area contributed by atoms with Crippen LogP contribution in [0.15, 0.2) is 53.5 Å². The van der Waals surface area contributed by atoms with Crippen LogP contribution < -0.4 is 21.0 Å². The number of fused-ring (bicyclic) bond motifs is 1. The van der Waals surface area contributed by atoms with E-state index in [1.54, 1.807) is 0 Å². The van der Waals surface area contributed by atoms with Crippen LogP contribution in [0.25, 0.3) is 10.8 Å². The third-order valence-electron chi connectivity index (χ3n) is 5.04. The summed E-state index contributed by atoms with van der Waals surface area (Å²) in [7, 11) is -1.73. The molecule has 1 aliphatic heterocycles. The molecule has 3 aromatic rings. The van der Waals surface area contributed by atoms with Gasteiger partial charge in [-0.05, 0) is 11.5 Å². The van der Waals surface area contributed by atoms with Gasteiger partial charge in [0.25, 0.3) is 0 Å². The van der Waals surface area contributed by atoms with Crippen LogP contribution in [0.1, 0.15) is 12.6 Å². The zero-order chi connectivity index (χ0) is 23.4. The number of aldehydes is 1. The Morgan fingerprint density at radius 2 is 2.12 bits per heavy atom. The lowest BCUT2D eigenvalue weighted by molar-refractivity contribution is -0.107. The van der Waals surface area contributed by atoms with Crippen molar-refractivity contribution in [1.82, 2.24) is 14.6 Å². The molecule has 0 amide bonds. The van der Waals surface area contributed by atoms with E-state index in [2.05, 4.69) is 10.1 Å². The zero-order valence-electron chi connectivity index (χ0n) is 17.3. The average molecular weight is 493 g/mol. The van der Waals surface area contributed by atoms with Gasteiger partial charge in [-0.25, -0.2) is 9.88 Å². The molecule has 1 saturated heterocycles. The molecular weight excluding hydrogens is 471 g/mol. The van der Waals surface area contributed by atoms with Crippen LogP contribution in [-0.2, 0) is 14.1 Å². The molecule has 4 unspecified atom stereocenters. The minimum Gasteiger partial charge on any atom is -0.435 e. The third kappa shape index (κ3) is 5.50. The van der Waals surface area contributed by atoms with E-state index in [1.165, 1.54) is 10.8 Å². The molecule has 2 aromatic carbocycles. The first-order chi connectivity index (χ1) is 16.0. The first-order valence-electron chi connectivity index (χ1n) is 10.1. The van der Waals surface area contributed by atoms with Crippen LogP contribution in [-0.4, -0.2) is 46.3 Å². The molecule has 0 saturated carbocycles. The second-order valence-electron chi connectivity index (χ2n) is 7.25. The molecule has 1 fully saturated rings. The largest absolute Gasteiger partial charge is 0.435 e. The molecule has 0 radical (unpaired) electrons. The Bertz CT molecular complexity index is 1190. The van der Waals surface area contributed by atoms with Gasteiger partial charge in [0.1, 0.15) is 30.2 Å². The van der Waals surface area contributed by atoms with Crippen molar-refractivity contribution in [3.05, 3.63) is 64.2 Å². The van der Waals surface area contributed by atoms with E-state index >= 15 is 0 Å². The number of nitrogens with two attached hydrogens (primary N) is 1. The molecule has 4 atom stereocenters. The van der Waals surface area contributed by atoms with Crippen LogP contribution in [0, 0.1) is 0 Å². The van der Waals surface area contributed by atoms with Crippen molar-refractivity contribution in [2.45, 2.75) is 24.9 Å². The lowest BCUT2D eigenvalue weighted by Crippen LogP contribution is -2.29. The Hall–Kier alpha value is -2.59. The fraction of sp³-hybridized carbons (Fsp3) is 0.286. The first-order valence-corrected chi connectivity index (χ1v) is 11.7. The molecule has 33 heavy (non-hydrogen) atoms. The van der Waals surface area contributed by atoms with Gasteiger partial charge in [0.2, 0.25) is 0 Å². The van der Waals surface area contributed by atoms with E-state index in [0.29, 0.717) is 12.0 Å². The summed E-state index contributed by atoms with van der Waals surface area (Å²) in [6, 6.07) is 13.4. The minimum absolute atomic E-state index is 0.0260. The van der Waals surface area contributed by atoms with Crippen molar-refractivity contribution in [2.24, 2.45) is 0 Å². The number of nitrogens with one attached hydrogen (secondary N) is 1. The van der Waals surface area contributed by atoms with Crippen LogP contribution in [0.4, 0.5) is 5.82 Å². The summed E-state index contributed by atoms with van der Waals surface area (Å²) >= 11 is 5.97. The Labute approximate surface area is 195 Å². The van der Waals surface area contributed by atoms with Crippen LogP contribution >= 0.6 is 20.1 Å². The highest BCUT2D eigenvalue weighted by Crippen LogP contribution is 2.40. The van der Waals surface area contributed by atoms with Crippen LogP contribution in [0.3, 0.4) is 0 Å². The normalized spacial score (nSPS) is 21.2. The molecule has 1 aromatic heterocycles. The predicted octanol–water partition coefficient (Wildman–Crippen LogP) is 2.39. The highest BCUT2D eigenvalue weighted by atomic mass is 35.5. The molecule has 12 heteroatoms. The number of aliphatic hydroxyl groups excluding tert-OH is 1. The Morgan fingerprint density at radius 3 is 2.94 bits per heavy atom. The lowest BCUT2D eigenvalue weighted by Gasteiger charge is -2.21. The number of aromatic nitrogens is 2. The Morgan fingerprint density at radius 1 is 1.33 bits per heavy atom. The summed E-state index contributed by atoms with van der Waals surface area (Å²) < 4.78 is 18.9. The van der Waals surface area contributed by atoms with Crippen molar-refractivity contribution in [1.29, 1.82) is 0 Å². The highest BCUT2D eigenvalue weighted by molar-refractivity contribution is 7.45. The van der Waals surface area contributed by atoms with E-state index in [-0.39, 0.29) is 30.4 Å². The number of carbonyl (C=O) groups excluding carboxylic acids is 1. The van der Waals surface area contributed by atoms with Gasteiger partial charge in [-0.1, -0.05) is 48.0 Å². The number of ether oxygens (including phenoxy) is 1. The molecule has 0 bridgehead atoms. The van der Waals surface area contributed by atoms with Gasteiger partial charge in [0.15, 0.2) is 0 Å². The highest BCUT2D eigenvalue weighted by Gasteiger charge is 2.36. The molecule has 4 N–H and O–H groups in total. The molecule has 4 rings (SSSR count). The SMILES string of the molecule is Nc1nc(=O)n(C2CC(O)C(COP(NCC=O)Oc3cccc4ccccc34)O2)cc1Cl. The molecule has 0 spiro atoms. The molecule has 0 aliphatic carbocycles. The zero-order valence-corrected chi connectivity index (χ0v) is 19.0. The summed E-state index contributed by atoms with van der Waals surface area (Å²) in [6.45, 7) is -0.0109.